The van der Waals surface area contributed by atoms with Gasteiger partial charge >= 0.3 is 0 Å². The molecule has 3 N–H and O–H groups in total. The van der Waals surface area contributed by atoms with Crippen molar-refractivity contribution in [3.63, 3.8) is 0 Å². The minimum absolute atomic E-state index is 0.108. The van der Waals surface area contributed by atoms with Gasteiger partial charge in [-0.2, -0.15) is 0 Å². The van der Waals surface area contributed by atoms with Crippen LogP contribution in [-0.2, 0) is 14.4 Å². The molecule has 2 aromatic carbocycles. The number of fused-ring (bicyclic) bond motifs is 1. The van der Waals surface area contributed by atoms with E-state index in [9.17, 15) is 19.2 Å². The van der Waals surface area contributed by atoms with Gasteiger partial charge in [0.2, 0.25) is 11.8 Å². The van der Waals surface area contributed by atoms with E-state index >= 15 is 0 Å². The highest BCUT2D eigenvalue weighted by molar-refractivity contribution is 5.97. The fraction of sp³-hybridized carbons (Fsp3) is 0.360. The lowest BCUT2D eigenvalue weighted by atomic mass is 9.99. The number of aldehydes is 1. The molecule has 9 heteroatoms. The summed E-state index contributed by atoms with van der Waals surface area (Å²) >= 11 is 0. The SMILES string of the molecule is Cc1ccccc1.O=CC(CC1CCNC1=O)NC(=O)CNC(=O)c1ccc2c(c1)OCCO2. The first kappa shape index (κ1) is 24.8. The minimum Gasteiger partial charge on any atom is -0.486 e. The Morgan fingerprint density at radius 2 is 1.85 bits per heavy atom. The normalized spacial score (nSPS) is 16.9. The molecule has 0 radical (unpaired) electrons. The maximum Gasteiger partial charge on any atom is 0.251 e. The number of carbonyl (C=O) groups is 4. The van der Waals surface area contributed by atoms with E-state index in [0.29, 0.717) is 49.5 Å². The molecule has 2 atom stereocenters. The molecular formula is C25H29N3O6. The maximum atomic E-state index is 12.2. The maximum absolute atomic E-state index is 12.2. The molecule has 2 aliphatic rings. The van der Waals surface area contributed by atoms with Crippen molar-refractivity contribution >= 4 is 24.0 Å². The Hall–Kier alpha value is -3.88. The van der Waals surface area contributed by atoms with Gasteiger partial charge < -0.3 is 30.2 Å². The summed E-state index contributed by atoms with van der Waals surface area (Å²) < 4.78 is 10.8. The van der Waals surface area contributed by atoms with Crippen LogP contribution in [0.2, 0.25) is 0 Å². The summed E-state index contributed by atoms with van der Waals surface area (Å²) in [4.78, 5) is 46.9. The summed E-state index contributed by atoms with van der Waals surface area (Å²) in [5, 5.41) is 7.71. The van der Waals surface area contributed by atoms with Crippen molar-refractivity contribution in [2.45, 2.75) is 25.8 Å². The number of amides is 3. The minimum atomic E-state index is -0.766. The second-order valence-corrected chi connectivity index (χ2v) is 8.02. The number of nitrogens with one attached hydrogen (secondary N) is 3. The van der Waals surface area contributed by atoms with E-state index < -0.39 is 17.9 Å². The Morgan fingerprint density at radius 3 is 2.47 bits per heavy atom. The third kappa shape index (κ3) is 7.33. The molecule has 2 aromatic rings. The Balaban J connectivity index is 0.000000396. The van der Waals surface area contributed by atoms with Crippen molar-refractivity contribution in [2.75, 3.05) is 26.3 Å². The molecule has 0 aliphatic carbocycles. The van der Waals surface area contributed by atoms with Crippen molar-refractivity contribution in [3.8, 4) is 11.5 Å². The van der Waals surface area contributed by atoms with Gasteiger partial charge in [0.05, 0.1) is 12.6 Å². The molecule has 3 amide bonds. The molecule has 1 fully saturated rings. The second kappa shape index (κ2) is 12.4. The van der Waals surface area contributed by atoms with Crippen LogP contribution in [0.4, 0.5) is 0 Å². The van der Waals surface area contributed by atoms with Gasteiger partial charge in [-0.05, 0) is 38.0 Å². The highest BCUT2D eigenvalue weighted by Crippen LogP contribution is 2.30. The number of aryl methyl sites for hydroxylation is 1. The summed E-state index contributed by atoms with van der Waals surface area (Å²) in [6.07, 6.45) is 1.49. The highest BCUT2D eigenvalue weighted by atomic mass is 16.6. The Kier molecular flexibility index (Phi) is 9.02. The van der Waals surface area contributed by atoms with Gasteiger partial charge in [-0.3, -0.25) is 14.4 Å². The van der Waals surface area contributed by atoms with E-state index in [1.54, 1.807) is 18.2 Å². The quantitative estimate of drug-likeness (QED) is 0.529. The van der Waals surface area contributed by atoms with E-state index in [4.69, 9.17) is 9.47 Å². The van der Waals surface area contributed by atoms with Crippen molar-refractivity contribution in [1.29, 1.82) is 0 Å². The molecule has 1 saturated heterocycles. The van der Waals surface area contributed by atoms with E-state index in [2.05, 4.69) is 35.0 Å². The lowest BCUT2D eigenvalue weighted by Crippen LogP contribution is -2.44. The standard InChI is InChI=1S/C18H21N3O6.C7H8/c22-10-13(7-12-3-4-19-17(12)24)21-16(23)9-20-18(25)11-1-2-14-15(8-11)27-6-5-26-14;1-7-5-3-2-4-6-7/h1-2,8,10,12-13H,3-7,9H2,(H,19,24)(H,20,25)(H,21,23);2-6H,1H3. The lowest BCUT2D eigenvalue weighted by Gasteiger charge is -2.19. The first-order chi connectivity index (χ1) is 16.5. The lowest BCUT2D eigenvalue weighted by molar-refractivity contribution is -0.125. The van der Waals surface area contributed by atoms with Crippen LogP contribution in [0.1, 0.15) is 28.8 Å². The third-order valence-corrected chi connectivity index (χ3v) is 5.37. The molecule has 0 aromatic heterocycles. The van der Waals surface area contributed by atoms with E-state index in [-0.39, 0.29) is 24.8 Å². The summed E-state index contributed by atoms with van der Waals surface area (Å²) in [7, 11) is 0. The topological polar surface area (TPSA) is 123 Å². The highest BCUT2D eigenvalue weighted by Gasteiger charge is 2.27. The number of carbonyl (C=O) groups excluding carboxylic acids is 4. The summed E-state index contributed by atoms with van der Waals surface area (Å²) in [5.74, 6) is -0.290. The molecule has 2 unspecified atom stereocenters. The van der Waals surface area contributed by atoms with E-state index in [1.807, 2.05) is 18.2 Å². The average Bonchev–Trinajstić information content (AvgIpc) is 3.26. The number of hydrogen-bond donors (Lipinski definition) is 3. The summed E-state index contributed by atoms with van der Waals surface area (Å²) in [5.41, 5.74) is 1.66. The van der Waals surface area contributed by atoms with Gasteiger partial charge in [-0.1, -0.05) is 35.9 Å². The van der Waals surface area contributed by atoms with Gasteiger partial charge in [0.1, 0.15) is 19.5 Å². The fourth-order valence-corrected chi connectivity index (χ4v) is 3.56. The van der Waals surface area contributed by atoms with Crippen molar-refractivity contribution in [1.82, 2.24) is 16.0 Å². The van der Waals surface area contributed by atoms with E-state index in [0.717, 1.165) is 0 Å². The first-order valence-electron chi connectivity index (χ1n) is 11.2. The van der Waals surface area contributed by atoms with Crippen molar-refractivity contribution < 1.29 is 28.7 Å². The first-order valence-corrected chi connectivity index (χ1v) is 11.2. The monoisotopic (exact) mass is 467 g/mol. The second-order valence-electron chi connectivity index (χ2n) is 8.02. The number of benzene rings is 2. The van der Waals surface area contributed by atoms with Crippen LogP contribution in [0.3, 0.4) is 0 Å². The molecule has 2 heterocycles. The average molecular weight is 468 g/mol. The van der Waals surface area contributed by atoms with Gasteiger partial charge in [0.25, 0.3) is 5.91 Å². The molecule has 0 saturated carbocycles. The fourth-order valence-electron chi connectivity index (χ4n) is 3.56. The summed E-state index contributed by atoms with van der Waals surface area (Å²) in [6.45, 7) is 3.24. The van der Waals surface area contributed by atoms with Crippen molar-refractivity contribution in [3.05, 3.63) is 59.7 Å². The molecule has 2 aliphatic heterocycles. The zero-order valence-electron chi connectivity index (χ0n) is 19.0. The Morgan fingerprint density at radius 1 is 1.12 bits per heavy atom. The zero-order chi connectivity index (χ0) is 24.3. The molecular weight excluding hydrogens is 438 g/mol. The summed E-state index contributed by atoms with van der Waals surface area (Å²) in [6, 6.07) is 14.3. The van der Waals surface area contributed by atoms with Crippen LogP contribution >= 0.6 is 0 Å². The van der Waals surface area contributed by atoms with E-state index in [1.165, 1.54) is 5.56 Å². The molecule has 34 heavy (non-hydrogen) atoms. The van der Waals surface area contributed by atoms with Gasteiger partial charge in [-0.25, -0.2) is 0 Å². The number of ether oxygens (including phenoxy) is 2. The molecule has 4 rings (SSSR count). The molecule has 9 nitrogen and oxygen atoms in total. The number of rotatable bonds is 7. The van der Waals surface area contributed by atoms with Crippen LogP contribution in [0.5, 0.6) is 11.5 Å². The zero-order valence-corrected chi connectivity index (χ0v) is 19.0. The largest absolute Gasteiger partial charge is 0.486 e. The molecule has 0 spiro atoms. The van der Waals surface area contributed by atoms with Crippen LogP contribution in [0.25, 0.3) is 0 Å². The van der Waals surface area contributed by atoms with Crippen LogP contribution in [-0.4, -0.2) is 56.4 Å². The Bertz CT molecular complexity index is 1010. The van der Waals surface area contributed by atoms with Gasteiger partial charge in [0, 0.05) is 18.0 Å². The predicted octanol–water partition coefficient (Wildman–Crippen LogP) is 1.39. The number of hydrogen-bond acceptors (Lipinski definition) is 6. The van der Waals surface area contributed by atoms with Crippen LogP contribution in [0.15, 0.2) is 48.5 Å². The van der Waals surface area contributed by atoms with Gasteiger partial charge in [-0.15, -0.1) is 0 Å². The Labute approximate surface area is 198 Å². The van der Waals surface area contributed by atoms with Crippen molar-refractivity contribution in [2.24, 2.45) is 5.92 Å². The smallest absolute Gasteiger partial charge is 0.251 e. The van der Waals surface area contributed by atoms with Crippen LogP contribution < -0.4 is 25.4 Å². The molecule has 0 bridgehead atoms. The van der Waals surface area contributed by atoms with Gasteiger partial charge in [0.15, 0.2) is 11.5 Å². The third-order valence-electron chi connectivity index (χ3n) is 5.37. The molecule has 180 valence electrons. The predicted molar refractivity (Wildman–Crippen MR) is 125 cm³/mol. The van der Waals surface area contributed by atoms with Crippen LogP contribution in [0, 0.1) is 12.8 Å².